The van der Waals surface area contributed by atoms with Gasteiger partial charge < -0.3 is 15.6 Å². The Morgan fingerprint density at radius 3 is 2.72 bits per heavy atom. The van der Waals surface area contributed by atoms with Crippen molar-refractivity contribution in [1.82, 2.24) is 0 Å². The molecule has 1 fully saturated rings. The molecule has 0 heterocycles. The van der Waals surface area contributed by atoms with E-state index in [-0.39, 0.29) is 11.7 Å². The third-order valence-electron chi connectivity index (χ3n) is 2.97. The molecule has 3 N–H and O–H groups in total. The van der Waals surface area contributed by atoms with Crippen molar-refractivity contribution in [3.8, 4) is 5.75 Å². The van der Waals surface area contributed by atoms with Crippen LogP contribution in [0.1, 0.15) is 30.9 Å². The number of ether oxygens (including phenoxy) is 1. The van der Waals surface area contributed by atoms with Gasteiger partial charge in [0.15, 0.2) is 0 Å². The molecule has 1 atom stereocenters. The Kier molecular flexibility index (Phi) is 3.87. The maximum Gasteiger partial charge on any atom is 0.325 e. The first kappa shape index (κ1) is 13.3. The molecule has 0 saturated heterocycles. The van der Waals surface area contributed by atoms with Crippen LogP contribution in [-0.2, 0) is 4.79 Å². The third-order valence-corrected chi connectivity index (χ3v) is 3.56. The molecule has 1 saturated carbocycles. The highest BCUT2D eigenvalue weighted by Crippen LogP contribution is 2.37. The lowest BCUT2D eigenvalue weighted by atomic mass is 9.96. The summed E-state index contributed by atoms with van der Waals surface area (Å²) in [6.45, 7) is 0. The Balaban J connectivity index is 2.37. The van der Waals surface area contributed by atoms with Crippen LogP contribution in [0.4, 0.5) is 4.39 Å². The normalized spacial score (nSPS) is 17.1. The van der Waals surface area contributed by atoms with Crippen LogP contribution in [0.3, 0.4) is 0 Å². The van der Waals surface area contributed by atoms with Gasteiger partial charge in [-0.2, -0.15) is 0 Å². The zero-order valence-electron chi connectivity index (χ0n) is 9.53. The van der Waals surface area contributed by atoms with Gasteiger partial charge in [0.1, 0.15) is 17.6 Å². The number of aliphatic carboxylic acids is 1. The van der Waals surface area contributed by atoms with E-state index in [9.17, 15) is 9.18 Å². The maximum absolute atomic E-state index is 13.3. The van der Waals surface area contributed by atoms with Gasteiger partial charge in [0.05, 0.1) is 10.6 Å². The summed E-state index contributed by atoms with van der Waals surface area (Å²) in [5.41, 5.74) is 5.70. The van der Waals surface area contributed by atoms with E-state index in [0.717, 1.165) is 25.3 Å². The lowest BCUT2D eigenvalue weighted by Crippen LogP contribution is -2.27. The number of rotatable bonds is 4. The third kappa shape index (κ3) is 2.64. The monoisotopic (exact) mass is 317 g/mol. The molecule has 0 radical (unpaired) electrons. The molecule has 0 amide bonds. The van der Waals surface area contributed by atoms with Gasteiger partial charge >= 0.3 is 5.97 Å². The van der Waals surface area contributed by atoms with Crippen molar-refractivity contribution in [3.05, 3.63) is 28.0 Å². The molecular formula is C12H13BrFNO3. The zero-order chi connectivity index (χ0) is 13.3. The summed E-state index contributed by atoms with van der Waals surface area (Å²) in [5.74, 6) is -1.43. The molecule has 1 aliphatic rings. The standard InChI is InChI=1S/C12H13BrFNO3/c13-9-5-6(14)4-8(10(15)12(16)17)11(9)18-7-2-1-3-7/h4-5,7,10H,1-3,15H2,(H,16,17). The molecule has 1 aromatic rings. The zero-order valence-corrected chi connectivity index (χ0v) is 11.1. The molecule has 0 aliphatic heterocycles. The highest BCUT2D eigenvalue weighted by Gasteiger charge is 2.26. The van der Waals surface area contributed by atoms with Crippen molar-refractivity contribution in [3.63, 3.8) is 0 Å². The molecule has 1 aliphatic carbocycles. The minimum atomic E-state index is -1.30. The molecule has 2 rings (SSSR count). The van der Waals surface area contributed by atoms with Crippen LogP contribution >= 0.6 is 15.9 Å². The van der Waals surface area contributed by atoms with Crippen LogP contribution in [-0.4, -0.2) is 17.2 Å². The number of halogens is 2. The Morgan fingerprint density at radius 2 is 2.22 bits per heavy atom. The van der Waals surface area contributed by atoms with E-state index in [0.29, 0.717) is 10.2 Å². The van der Waals surface area contributed by atoms with Gasteiger partial charge in [-0.15, -0.1) is 0 Å². The van der Waals surface area contributed by atoms with Crippen LogP contribution in [0.5, 0.6) is 5.75 Å². The Labute approximate surface area is 112 Å². The largest absolute Gasteiger partial charge is 0.489 e. The number of benzene rings is 1. The second-order valence-corrected chi connectivity index (χ2v) is 5.15. The summed E-state index contributed by atoms with van der Waals surface area (Å²) in [4.78, 5) is 10.9. The van der Waals surface area contributed by atoms with E-state index in [2.05, 4.69) is 15.9 Å². The first-order valence-corrected chi connectivity index (χ1v) is 6.42. The Morgan fingerprint density at radius 1 is 1.56 bits per heavy atom. The number of carboxylic acid groups (broad SMARTS) is 1. The summed E-state index contributed by atoms with van der Waals surface area (Å²) in [7, 11) is 0. The van der Waals surface area contributed by atoms with Crippen molar-refractivity contribution in [2.24, 2.45) is 5.73 Å². The molecule has 0 spiro atoms. The average molecular weight is 318 g/mol. The fourth-order valence-corrected chi connectivity index (χ4v) is 2.27. The predicted octanol–water partition coefficient (Wildman–Crippen LogP) is 2.60. The van der Waals surface area contributed by atoms with E-state index < -0.39 is 17.8 Å². The molecular weight excluding hydrogens is 305 g/mol. The van der Waals surface area contributed by atoms with Crippen LogP contribution in [0.25, 0.3) is 0 Å². The van der Waals surface area contributed by atoms with Gasteiger partial charge in [-0.25, -0.2) is 4.39 Å². The Hall–Kier alpha value is -1.14. The van der Waals surface area contributed by atoms with Gasteiger partial charge in [-0.3, -0.25) is 4.79 Å². The number of carbonyl (C=O) groups is 1. The quantitative estimate of drug-likeness (QED) is 0.895. The van der Waals surface area contributed by atoms with Crippen LogP contribution < -0.4 is 10.5 Å². The first-order chi connectivity index (χ1) is 8.49. The second kappa shape index (κ2) is 5.24. The second-order valence-electron chi connectivity index (χ2n) is 4.29. The molecule has 6 heteroatoms. The molecule has 0 bridgehead atoms. The van der Waals surface area contributed by atoms with E-state index in [4.69, 9.17) is 15.6 Å². The molecule has 18 heavy (non-hydrogen) atoms. The van der Waals surface area contributed by atoms with E-state index in [1.807, 2.05) is 0 Å². The maximum atomic E-state index is 13.3. The van der Waals surface area contributed by atoms with Crippen molar-refractivity contribution in [1.29, 1.82) is 0 Å². The molecule has 0 aromatic heterocycles. The number of hydrogen-bond acceptors (Lipinski definition) is 3. The van der Waals surface area contributed by atoms with Crippen molar-refractivity contribution >= 4 is 21.9 Å². The smallest absolute Gasteiger partial charge is 0.325 e. The summed E-state index contributed by atoms with van der Waals surface area (Å²) in [5, 5.41) is 8.93. The van der Waals surface area contributed by atoms with Gasteiger partial charge in [0.2, 0.25) is 0 Å². The molecule has 1 unspecified atom stereocenters. The van der Waals surface area contributed by atoms with E-state index >= 15 is 0 Å². The summed E-state index contributed by atoms with van der Waals surface area (Å²) >= 11 is 3.18. The van der Waals surface area contributed by atoms with E-state index in [1.165, 1.54) is 6.07 Å². The Bertz CT molecular complexity index is 477. The van der Waals surface area contributed by atoms with E-state index in [1.54, 1.807) is 0 Å². The fraction of sp³-hybridized carbons (Fsp3) is 0.417. The van der Waals surface area contributed by atoms with Gasteiger partial charge in [0.25, 0.3) is 0 Å². The van der Waals surface area contributed by atoms with Crippen LogP contribution in [0, 0.1) is 5.82 Å². The lowest BCUT2D eigenvalue weighted by molar-refractivity contribution is -0.138. The minimum Gasteiger partial charge on any atom is -0.489 e. The fourth-order valence-electron chi connectivity index (χ4n) is 1.72. The minimum absolute atomic E-state index is 0.0616. The summed E-state index contributed by atoms with van der Waals surface area (Å²) < 4.78 is 19.4. The SMILES string of the molecule is NC(C(=O)O)c1cc(F)cc(Br)c1OC1CCC1. The van der Waals surface area contributed by atoms with Crippen LogP contribution in [0.15, 0.2) is 16.6 Å². The molecule has 1 aromatic carbocycles. The van der Waals surface area contributed by atoms with Crippen LogP contribution in [0.2, 0.25) is 0 Å². The highest BCUT2D eigenvalue weighted by molar-refractivity contribution is 9.10. The first-order valence-electron chi connectivity index (χ1n) is 5.63. The predicted molar refractivity (Wildman–Crippen MR) is 66.9 cm³/mol. The van der Waals surface area contributed by atoms with Gasteiger partial charge in [0, 0.05) is 5.56 Å². The lowest BCUT2D eigenvalue weighted by Gasteiger charge is -2.28. The van der Waals surface area contributed by atoms with Crippen molar-refractivity contribution in [2.75, 3.05) is 0 Å². The summed E-state index contributed by atoms with van der Waals surface area (Å²) in [6, 6.07) is 1.05. The number of nitrogens with two attached hydrogens (primary N) is 1. The number of hydrogen-bond donors (Lipinski definition) is 2. The van der Waals surface area contributed by atoms with Crippen molar-refractivity contribution in [2.45, 2.75) is 31.4 Å². The summed E-state index contributed by atoms with van der Waals surface area (Å²) in [6.07, 6.45) is 2.99. The topological polar surface area (TPSA) is 72.6 Å². The van der Waals surface area contributed by atoms with Gasteiger partial charge in [-0.05, 0) is 47.3 Å². The highest BCUT2D eigenvalue weighted by atomic mass is 79.9. The average Bonchev–Trinajstić information content (AvgIpc) is 2.23. The number of carboxylic acids is 1. The van der Waals surface area contributed by atoms with Crippen molar-refractivity contribution < 1.29 is 19.0 Å². The molecule has 98 valence electrons. The van der Waals surface area contributed by atoms with Gasteiger partial charge in [-0.1, -0.05) is 0 Å². The molecule has 4 nitrogen and oxygen atoms in total.